The van der Waals surface area contributed by atoms with E-state index in [-0.39, 0.29) is 18.2 Å². The molecule has 0 aliphatic heterocycles. The van der Waals surface area contributed by atoms with Gasteiger partial charge in [0.15, 0.2) is 11.5 Å². The van der Waals surface area contributed by atoms with Crippen LogP contribution in [-0.2, 0) is 4.74 Å². The normalized spacial score (nSPS) is 9.29. The molecule has 5 nitrogen and oxygen atoms in total. The molecule has 0 aliphatic carbocycles. The van der Waals surface area contributed by atoms with E-state index in [0.717, 1.165) is 0 Å². The Morgan fingerprint density at radius 2 is 1.94 bits per heavy atom. The quantitative estimate of drug-likeness (QED) is 0.461. The highest BCUT2D eigenvalue weighted by Crippen LogP contribution is 2.27. The molecule has 0 saturated heterocycles. The summed E-state index contributed by atoms with van der Waals surface area (Å²) in [6.07, 6.45) is 0. The van der Waals surface area contributed by atoms with Crippen LogP contribution in [0, 0.1) is 5.41 Å². The predicted molar refractivity (Wildman–Crippen MR) is 68.6 cm³/mol. The van der Waals surface area contributed by atoms with E-state index in [2.05, 4.69) is 0 Å². The molecular weight excluding hydrogens is 244 g/mol. The van der Waals surface area contributed by atoms with Gasteiger partial charge in [-0.15, -0.1) is 12.4 Å². The van der Waals surface area contributed by atoms with Gasteiger partial charge in [-0.3, -0.25) is 5.41 Å². The lowest BCUT2D eigenvalue weighted by atomic mass is 10.2. The van der Waals surface area contributed by atoms with Gasteiger partial charge in [-0.2, -0.15) is 0 Å². The summed E-state index contributed by atoms with van der Waals surface area (Å²) in [5.41, 5.74) is 5.98. The van der Waals surface area contributed by atoms with Crippen molar-refractivity contribution in [2.75, 3.05) is 27.4 Å². The van der Waals surface area contributed by atoms with Crippen LogP contribution in [-0.4, -0.2) is 33.3 Å². The van der Waals surface area contributed by atoms with Crippen molar-refractivity contribution < 1.29 is 14.2 Å². The molecule has 0 fully saturated rings. The molecule has 0 saturated carbocycles. The first-order valence-electron chi connectivity index (χ1n) is 4.83. The second-order valence-electron chi connectivity index (χ2n) is 3.12. The molecule has 0 unspecified atom stereocenters. The number of halogens is 1. The predicted octanol–water partition coefficient (Wildman–Crippen LogP) is 1.43. The Kier molecular flexibility index (Phi) is 7.09. The Balaban J connectivity index is 0.00000256. The molecule has 0 amide bonds. The lowest BCUT2D eigenvalue weighted by Crippen LogP contribution is -2.11. The van der Waals surface area contributed by atoms with E-state index in [1.54, 1.807) is 32.4 Å². The smallest absolute Gasteiger partial charge is 0.161 e. The van der Waals surface area contributed by atoms with Gasteiger partial charge in [0.2, 0.25) is 0 Å². The molecule has 96 valence electrons. The van der Waals surface area contributed by atoms with Crippen LogP contribution >= 0.6 is 12.4 Å². The van der Waals surface area contributed by atoms with Gasteiger partial charge in [0.05, 0.1) is 13.7 Å². The molecule has 0 bridgehead atoms. The van der Waals surface area contributed by atoms with Gasteiger partial charge in [0, 0.05) is 12.7 Å². The number of nitrogen functional groups attached to an aromatic ring is 1. The van der Waals surface area contributed by atoms with Crippen molar-refractivity contribution in [3.63, 3.8) is 0 Å². The molecule has 0 radical (unpaired) electrons. The first kappa shape index (κ1) is 15.5. The molecule has 0 heterocycles. The summed E-state index contributed by atoms with van der Waals surface area (Å²) in [6.45, 7) is 0.962. The topological polar surface area (TPSA) is 77.6 Å². The maximum atomic E-state index is 7.31. The average Bonchev–Trinajstić information content (AvgIpc) is 2.29. The largest absolute Gasteiger partial charge is 0.493 e. The van der Waals surface area contributed by atoms with E-state index < -0.39 is 0 Å². The standard InChI is InChI=1S/C11H16N2O3.ClH/c1-14-5-6-16-9-4-3-8(11(12)13)7-10(9)15-2;/h3-4,7H,5-6H2,1-2H3,(H3,12,13);1H. The van der Waals surface area contributed by atoms with Crippen LogP contribution in [0.4, 0.5) is 0 Å². The fourth-order valence-corrected chi connectivity index (χ4v) is 1.19. The number of rotatable bonds is 6. The van der Waals surface area contributed by atoms with Gasteiger partial charge in [-0.1, -0.05) is 0 Å². The van der Waals surface area contributed by atoms with E-state index in [0.29, 0.717) is 30.3 Å². The van der Waals surface area contributed by atoms with E-state index >= 15 is 0 Å². The minimum absolute atomic E-state index is 0. The Hall–Kier alpha value is -1.46. The van der Waals surface area contributed by atoms with Gasteiger partial charge in [0.25, 0.3) is 0 Å². The zero-order chi connectivity index (χ0) is 12.0. The van der Waals surface area contributed by atoms with Crippen molar-refractivity contribution in [3.8, 4) is 11.5 Å². The number of nitrogens with one attached hydrogen (secondary N) is 1. The fourth-order valence-electron chi connectivity index (χ4n) is 1.19. The second-order valence-corrected chi connectivity index (χ2v) is 3.12. The van der Waals surface area contributed by atoms with Crippen LogP contribution in [0.1, 0.15) is 5.56 Å². The summed E-state index contributed by atoms with van der Waals surface area (Å²) in [5.74, 6) is 1.18. The number of amidine groups is 1. The highest BCUT2D eigenvalue weighted by Gasteiger charge is 2.06. The van der Waals surface area contributed by atoms with E-state index in [9.17, 15) is 0 Å². The second kappa shape index (κ2) is 7.76. The van der Waals surface area contributed by atoms with E-state index in [1.165, 1.54) is 0 Å². The summed E-state index contributed by atoms with van der Waals surface area (Å²) >= 11 is 0. The van der Waals surface area contributed by atoms with Gasteiger partial charge in [-0.25, -0.2) is 0 Å². The number of benzene rings is 1. The molecule has 6 heteroatoms. The third-order valence-electron chi connectivity index (χ3n) is 2.02. The number of methoxy groups -OCH3 is 2. The maximum Gasteiger partial charge on any atom is 0.161 e. The monoisotopic (exact) mass is 260 g/mol. The van der Waals surface area contributed by atoms with Crippen molar-refractivity contribution >= 4 is 18.2 Å². The van der Waals surface area contributed by atoms with Gasteiger partial charge in [0.1, 0.15) is 12.4 Å². The van der Waals surface area contributed by atoms with Gasteiger partial charge >= 0.3 is 0 Å². The third kappa shape index (κ3) is 4.50. The summed E-state index contributed by atoms with van der Waals surface area (Å²) < 4.78 is 15.5. The lowest BCUT2D eigenvalue weighted by Gasteiger charge is -2.11. The number of nitrogens with two attached hydrogens (primary N) is 1. The third-order valence-corrected chi connectivity index (χ3v) is 2.02. The van der Waals surface area contributed by atoms with Gasteiger partial charge in [-0.05, 0) is 18.2 Å². The molecule has 0 aliphatic rings. The Bertz CT molecular complexity index is 372. The zero-order valence-corrected chi connectivity index (χ0v) is 10.7. The minimum Gasteiger partial charge on any atom is -0.493 e. The van der Waals surface area contributed by atoms with E-state index in [4.69, 9.17) is 25.4 Å². The van der Waals surface area contributed by atoms with Crippen LogP contribution in [0.2, 0.25) is 0 Å². The van der Waals surface area contributed by atoms with E-state index in [1.807, 2.05) is 0 Å². The van der Waals surface area contributed by atoms with Crippen molar-refractivity contribution in [3.05, 3.63) is 23.8 Å². The Morgan fingerprint density at radius 3 is 2.47 bits per heavy atom. The maximum absolute atomic E-state index is 7.31. The molecule has 1 aromatic rings. The fraction of sp³-hybridized carbons (Fsp3) is 0.364. The number of hydrogen-bond acceptors (Lipinski definition) is 4. The molecule has 1 rings (SSSR count). The number of ether oxygens (including phenoxy) is 3. The molecule has 0 atom stereocenters. The summed E-state index contributed by atoms with van der Waals surface area (Å²) in [5, 5.41) is 7.31. The summed E-state index contributed by atoms with van der Waals surface area (Å²) in [4.78, 5) is 0. The van der Waals surface area contributed by atoms with Crippen LogP contribution in [0.25, 0.3) is 0 Å². The van der Waals surface area contributed by atoms with Crippen molar-refractivity contribution in [1.82, 2.24) is 0 Å². The molecular formula is C11H17ClN2O3. The first-order chi connectivity index (χ1) is 7.69. The SMILES string of the molecule is COCCOc1ccc(C(=N)N)cc1OC.Cl. The van der Waals surface area contributed by atoms with Crippen molar-refractivity contribution in [2.24, 2.45) is 5.73 Å². The average molecular weight is 261 g/mol. The van der Waals surface area contributed by atoms with Crippen molar-refractivity contribution in [2.45, 2.75) is 0 Å². The minimum atomic E-state index is 0. The highest BCUT2D eigenvalue weighted by molar-refractivity contribution is 5.95. The van der Waals surface area contributed by atoms with Crippen LogP contribution in [0.5, 0.6) is 11.5 Å². The Labute approximate surface area is 107 Å². The van der Waals surface area contributed by atoms with Crippen LogP contribution in [0.15, 0.2) is 18.2 Å². The summed E-state index contributed by atoms with van der Waals surface area (Å²) in [6, 6.07) is 5.11. The number of hydrogen-bond donors (Lipinski definition) is 2. The summed E-state index contributed by atoms with van der Waals surface area (Å²) in [7, 11) is 3.15. The van der Waals surface area contributed by atoms with Gasteiger partial charge < -0.3 is 19.9 Å². The van der Waals surface area contributed by atoms with Crippen molar-refractivity contribution in [1.29, 1.82) is 5.41 Å². The molecule has 3 N–H and O–H groups in total. The van der Waals surface area contributed by atoms with Crippen LogP contribution < -0.4 is 15.2 Å². The Morgan fingerprint density at radius 1 is 1.24 bits per heavy atom. The molecule has 0 aromatic heterocycles. The molecule has 0 spiro atoms. The first-order valence-corrected chi connectivity index (χ1v) is 4.83. The molecule has 17 heavy (non-hydrogen) atoms. The highest BCUT2D eigenvalue weighted by atomic mass is 35.5. The molecule has 1 aromatic carbocycles. The lowest BCUT2D eigenvalue weighted by molar-refractivity contribution is 0.144. The van der Waals surface area contributed by atoms with Crippen LogP contribution in [0.3, 0.4) is 0 Å². The zero-order valence-electron chi connectivity index (χ0n) is 9.86.